The highest BCUT2D eigenvalue weighted by molar-refractivity contribution is 9.18. The number of methoxy groups -OCH3 is 1. The number of benzene rings is 1. The van der Waals surface area contributed by atoms with Crippen LogP contribution >= 0.6 is 27.5 Å². The summed E-state index contributed by atoms with van der Waals surface area (Å²) in [6.45, 7) is 4.32. The van der Waals surface area contributed by atoms with Crippen molar-refractivity contribution in [1.82, 2.24) is 4.90 Å². The van der Waals surface area contributed by atoms with Gasteiger partial charge >= 0.3 is 0 Å². The Bertz CT molecular complexity index is 449. The second kappa shape index (κ2) is 5.74. The lowest BCUT2D eigenvalue weighted by molar-refractivity contribution is 0.232. The van der Waals surface area contributed by atoms with Gasteiger partial charge in [0.25, 0.3) is 4.82 Å². The summed E-state index contributed by atoms with van der Waals surface area (Å²) >= 11 is 9.12. The minimum absolute atomic E-state index is 0.171. The molecular weight excluding hydrogens is 305 g/mol. The SMILES string of the molecule is COc1cc(C)c(Cl)c(C)c1CN(C)C(=O)Br. The van der Waals surface area contributed by atoms with E-state index >= 15 is 0 Å². The van der Waals surface area contributed by atoms with Gasteiger partial charge < -0.3 is 9.64 Å². The van der Waals surface area contributed by atoms with Crippen LogP contribution in [-0.4, -0.2) is 23.9 Å². The second-order valence-electron chi connectivity index (χ2n) is 3.92. The van der Waals surface area contributed by atoms with E-state index in [9.17, 15) is 4.79 Å². The molecule has 0 saturated heterocycles. The maximum atomic E-state index is 11.2. The molecule has 0 saturated carbocycles. The summed E-state index contributed by atoms with van der Waals surface area (Å²) in [5, 5.41) is 0.719. The molecule has 0 fully saturated rings. The van der Waals surface area contributed by atoms with E-state index in [1.807, 2.05) is 19.9 Å². The van der Waals surface area contributed by atoms with E-state index < -0.39 is 0 Å². The van der Waals surface area contributed by atoms with Crippen LogP contribution in [0.5, 0.6) is 5.75 Å². The largest absolute Gasteiger partial charge is 0.496 e. The van der Waals surface area contributed by atoms with E-state index in [2.05, 4.69) is 15.9 Å². The fourth-order valence-corrected chi connectivity index (χ4v) is 1.93. The third-order valence-corrected chi connectivity index (χ3v) is 3.88. The van der Waals surface area contributed by atoms with Gasteiger partial charge in [-0.1, -0.05) is 11.6 Å². The molecule has 17 heavy (non-hydrogen) atoms. The molecule has 5 heteroatoms. The molecule has 0 heterocycles. The fourth-order valence-electron chi connectivity index (χ4n) is 1.64. The summed E-state index contributed by atoms with van der Waals surface area (Å²) in [5.74, 6) is 0.755. The number of nitrogens with zero attached hydrogens (tertiary/aromatic N) is 1. The number of amides is 1. The van der Waals surface area contributed by atoms with E-state index in [1.165, 1.54) is 0 Å². The Morgan fingerprint density at radius 3 is 2.59 bits per heavy atom. The summed E-state index contributed by atoms with van der Waals surface area (Å²) in [4.78, 5) is 12.6. The van der Waals surface area contributed by atoms with Crippen LogP contribution in [0.1, 0.15) is 16.7 Å². The summed E-state index contributed by atoms with van der Waals surface area (Å²) in [6, 6.07) is 1.89. The normalized spacial score (nSPS) is 10.2. The minimum Gasteiger partial charge on any atom is -0.496 e. The van der Waals surface area contributed by atoms with Gasteiger partial charge in [-0.15, -0.1) is 0 Å². The van der Waals surface area contributed by atoms with Crippen molar-refractivity contribution >= 4 is 32.3 Å². The molecule has 94 valence electrons. The molecule has 1 amide bonds. The average Bonchev–Trinajstić information content (AvgIpc) is 2.29. The van der Waals surface area contributed by atoms with Crippen LogP contribution in [-0.2, 0) is 6.54 Å². The summed E-state index contributed by atoms with van der Waals surface area (Å²) in [5.41, 5.74) is 2.85. The van der Waals surface area contributed by atoms with Gasteiger partial charge in [-0.05, 0) is 31.0 Å². The third-order valence-electron chi connectivity index (χ3n) is 2.69. The smallest absolute Gasteiger partial charge is 0.289 e. The van der Waals surface area contributed by atoms with Crippen LogP contribution in [0.2, 0.25) is 5.02 Å². The quantitative estimate of drug-likeness (QED) is 0.624. The van der Waals surface area contributed by atoms with Gasteiger partial charge in [-0.3, -0.25) is 4.79 Å². The zero-order chi connectivity index (χ0) is 13.2. The van der Waals surface area contributed by atoms with Gasteiger partial charge in [-0.2, -0.15) is 0 Å². The zero-order valence-corrected chi connectivity index (χ0v) is 12.6. The molecule has 0 aliphatic heterocycles. The Hall–Kier alpha value is -0.740. The van der Waals surface area contributed by atoms with E-state index in [1.54, 1.807) is 19.1 Å². The van der Waals surface area contributed by atoms with Crippen molar-refractivity contribution in [3.8, 4) is 5.75 Å². The monoisotopic (exact) mass is 319 g/mol. The molecule has 1 aromatic carbocycles. The van der Waals surface area contributed by atoms with E-state index in [-0.39, 0.29) is 4.82 Å². The first-order valence-corrected chi connectivity index (χ1v) is 6.28. The van der Waals surface area contributed by atoms with Crippen LogP contribution in [0, 0.1) is 13.8 Å². The molecule has 3 nitrogen and oxygen atoms in total. The predicted molar refractivity (Wildman–Crippen MR) is 73.3 cm³/mol. The topological polar surface area (TPSA) is 29.5 Å². The van der Waals surface area contributed by atoms with Crippen LogP contribution < -0.4 is 4.74 Å². The first kappa shape index (κ1) is 14.3. The molecule has 0 spiro atoms. The summed E-state index contributed by atoms with van der Waals surface area (Å²) in [7, 11) is 3.32. The molecule has 0 bridgehead atoms. The highest BCUT2D eigenvalue weighted by atomic mass is 79.9. The highest BCUT2D eigenvalue weighted by Gasteiger charge is 2.15. The van der Waals surface area contributed by atoms with Gasteiger partial charge in [0.2, 0.25) is 0 Å². The number of carbonyl (C=O) groups is 1. The van der Waals surface area contributed by atoms with Gasteiger partial charge in [0.1, 0.15) is 5.75 Å². The van der Waals surface area contributed by atoms with Gasteiger partial charge in [-0.25, -0.2) is 0 Å². The number of rotatable bonds is 3. The number of halogens is 2. The Kier molecular flexibility index (Phi) is 4.83. The fraction of sp³-hybridized carbons (Fsp3) is 0.417. The lowest BCUT2D eigenvalue weighted by atomic mass is 10.0. The lowest BCUT2D eigenvalue weighted by Crippen LogP contribution is -2.21. The molecule has 1 rings (SSSR count). The predicted octanol–water partition coefficient (Wildman–Crippen LogP) is 3.91. The van der Waals surface area contributed by atoms with Crippen molar-refractivity contribution in [2.45, 2.75) is 20.4 Å². The standard InChI is InChI=1S/C12H15BrClNO2/c1-7-5-10(17-4)9(8(2)11(7)14)6-15(3)12(13)16/h5H,6H2,1-4H3. The molecule has 0 radical (unpaired) electrons. The lowest BCUT2D eigenvalue weighted by Gasteiger charge is -2.19. The van der Waals surface area contributed by atoms with Crippen molar-refractivity contribution in [1.29, 1.82) is 0 Å². The molecule has 0 atom stereocenters. The Labute approximate surface area is 115 Å². The first-order valence-electron chi connectivity index (χ1n) is 5.11. The van der Waals surface area contributed by atoms with E-state index in [0.717, 1.165) is 27.5 Å². The summed E-state index contributed by atoms with van der Waals surface area (Å²) < 4.78 is 5.33. The maximum absolute atomic E-state index is 11.2. The van der Waals surface area contributed by atoms with Crippen molar-refractivity contribution in [3.63, 3.8) is 0 Å². The first-order chi connectivity index (χ1) is 7.88. The van der Waals surface area contributed by atoms with Crippen LogP contribution in [0.3, 0.4) is 0 Å². The molecule has 0 unspecified atom stereocenters. The van der Waals surface area contributed by atoms with Crippen molar-refractivity contribution in [2.75, 3.05) is 14.2 Å². The van der Waals surface area contributed by atoms with Crippen molar-refractivity contribution in [3.05, 3.63) is 27.8 Å². The minimum atomic E-state index is -0.171. The second-order valence-corrected chi connectivity index (χ2v) is 4.98. The van der Waals surface area contributed by atoms with E-state index in [4.69, 9.17) is 16.3 Å². The highest BCUT2D eigenvalue weighted by Crippen LogP contribution is 2.32. The maximum Gasteiger partial charge on any atom is 0.289 e. The molecule has 0 aliphatic carbocycles. The Balaban J connectivity index is 3.21. The number of carbonyl (C=O) groups excluding carboxylic acids is 1. The number of hydrogen-bond donors (Lipinski definition) is 0. The van der Waals surface area contributed by atoms with E-state index in [0.29, 0.717) is 6.54 Å². The molecule has 0 N–H and O–H groups in total. The van der Waals surface area contributed by atoms with Crippen LogP contribution in [0.4, 0.5) is 4.79 Å². The van der Waals surface area contributed by atoms with Gasteiger partial charge in [0.15, 0.2) is 0 Å². The zero-order valence-electron chi connectivity index (χ0n) is 10.3. The molecule has 0 aliphatic rings. The number of hydrogen-bond acceptors (Lipinski definition) is 2. The molecular formula is C12H15BrClNO2. The molecule has 0 aromatic heterocycles. The average molecular weight is 321 g/mol. The van der Waals surface area contributed by atoms with Gasteiger partial charge in [0.05, 0.1) is 13.7 Å². The van der Waals surface area contributed by atoms with Crippen LogP contribution in [0.15, 0.2) is 6.07 Å². The summed E-state index contributed by atoms with van der Waals surface area (Å²) in [6.07, 6.45) is 0. The van der Waals surface area contributed by atoms with Crippen molar-refractivity contribution < 1.29 is 9.53 Å². The third kappa shape index (κ3) is 3.13. The van der Waals surface area contributed by atoms with Crippen LogP contribution in [0.25, 0.3) is 0 Å². The number of aryl methyl sites for hydroxylation is 1. The molecule has 1 aromatic rings. The Morgan fingerprint density at radius 2 is 2.12 bits per heavy atom. The van der Waals surface area contributed by atoms with Gasteiger partial charge in [0, 0.05) is 33.6 Å². The number of ether oxygens (including phenoxy) is 1. The van der Waals surface area contributed by atoms with Crippen molar-refractivity contribution in [2.24, 2.45) is 0 Å². The Morgan fingerprint density at radius 1 is 1.53 bits per heavy atom.